The van der Waals surface area contributed by atoms with Crippen molar-refractivity contribution in [2.24, 2.45) is 0 Å². The third-order valence-electron chi connectivity index (χ3n) is 3.70. The molecular weight excluding hydrogens is 316 g/mol. The molecule has 0 aliphatic carbocycles. The van der Waals surface area contributed by atoms with Gasteiger partial charge in [-0.1, -0.05) is 58.3 Å². The predicted molar refractivity (Wildman–Crippen MR) is 92.9 cm³/mol. The van der Waals surface area contributed by atoms with Crippen molar-refractivity contribution in [3.05, 3.63) is 0 Å². The molecule has 0 saturated carbocycles. The molecule has 0 bridgehead atoms. The topological polar surface area (TPSA) is 80.7 Å². The van der Waals surface area contributed by atoms with E-state index in [2.05, 4.69) is 6.92 Å². The summed E-state index contributed by atoms with van der Waals surface area (Å²) in [4.78, 5) is 22.6. The van der Waals surface area contributed by atoms with Crippen LogP contribution in [0.3, 0.4) is 0 Å². The molecule has 5 nitrogen and oxygen atoms in total. The lowest BCUT2D eigenvalue weighted by Crippen LogP contribution is -2.28. The fourth-order valence-corrected chi connectivity index (χ4v) is 2.85. The van der Waals surface area contributed by atoms with Crippen LogP contribution in [0.2, 0.25) is 0 Å². The van der Waals surface area contributed by atoms with E-state index >= 15 is 0 Å². The Kier molecular flexibility index (Phi) is 14.1. The van der Waals surface area contributed by atoms with Gasteiger partial charge in [0.25, 0.3) is 0 Å². The zero-order valence-electron chi connectivity index (χ0n) is 14.6. The Morgan fingerprint density at radius 3 is 2.00 bits per heavy atom. The van der Waals surface area contributed by atoms with Crippen LogP contribution < -0.4 is 0 Å². The highest BCUT2D eigenvalue weighted by Gasteiger charge is 2.22. The SMILES string of the molecule is CCCCCCCCCCCC(=O)OC(CCS(C)=O)C(=O)O. The highest BCUT2D eigenvalue weighted by atomic mass is 32.2. The maximum atomic E-state index is 11.6. The van der Waals surface area contributed by atoms with Gasteiger partial charge in [-0.15, -0.1) is 0 Å². The molecule has 0 aliphatic rings. The Bertz CT molecular complexity index is 357. The van der Waals surface area contributed by atoms with Crippen LogP contribution in [-0.4, -0.2) is 39.4 Å². The molecule has 0 radical (unpaired) electrons. The molecule has 0 fully saturated rings. The zero-order valence-corrected chi connectivity index (χ0v) is 15.4. The van der Waals surface area contributed by atoms with Crippen LogP contribution in [0, 0.1) is 0 Å². The number of carbonyl (C=O) groups excluding carboxylic acids is 1. The molecule has 23 heavy (non-hydrogen) atoms. The van der Waals surface area contributed by atoms with Gasteiger partial charge in [-0.05, 0) is 6.42 Å². The van der Waals surface area contributed by atoms with Crippen molar-refractivity contribution in [1.29, 1.82) is 0 Å². The normalized spacial score (nSPS) is 13.5. The minimum Gasteiger partial charge on any atom is -0.479 e. The van der Waals surface area contributed by atoms with Gasteiger partial charge in [0.2, 0.25) is 0 Å². The van der Waals surface area contributed by atoms with Gasteiger partial charge >= 0.3 is 11.9 Å². The first kappa shape index (κ1) is 22.1. The van der Waals surface area contributed by atoms with Crippen molar-refractivity contribution in [1.82, 2.24) is 0 Å². The molecule has 136 valence electrons. The maximum Gasteiger partial charge on any atom is 0.345 e. The predicted octanol–water partition coefficient (Wildman–Crippen LogP) is 3.67. The number of carbonyl (C=O) groups is 2. The number of aliphatic carboxylic acids is 1. The third kappa shape index (κ3) is 14.4. The van der Waals surface area contributed by atoms with E-state index in [0.29, 0.717) is 0 Å². The van der Waals surface area contributed by atoms with Crippen molar-refractivity contribution in [3.8, 4) is 0 Å². The molecule has 0 aliphatic heterocycles. The molecule has 6 heteroatoms. The Morgan fingerprint density at radius 1 is 1.00 bits per heavy atom. The summed E-state index contributed by atoms with van der Waals surface area (Å²) in [5.74, 6) is -1.42. The summed E-state index contributed by atoms with van der Waals surface area (Å²) in [6, 6.07) is 0. The third-order valence-corrected chi connectivity index (χ3v) is 4.51. The minimum absolute atomic E-state index is 0.0992. The van der Waals surface area contributed by atoms with Crippen LogP contribution in [0.15, 0.2) is 0 Å². The van der Waals surface area contributed by atoms with Crippen LogP contribution in [0.4, 0.5) is 0 Å². The van der Waals surface area contributed by atoms with Crippen molar-refractivity contribution in [2.45, 2.75) is 83.7 Å². The largest absolute Gasteiger partial charge is 0.479 e. The highest BCUT2D eigenvalue weighted by molar-refractivity contribution is 7.84. The number of unbranched alkanes of at least 4 members (excludes halogenated alkanes) is 8. The van der Waals surface area contributed by atoms with Crippen molar-refractivity contribution in [2.75, 3.05) is 12.0 Å². The van der Waals surface area contributed by atoms with E-state index < -0.39 is 28.8 Å². The number of rotatable bonds is 15. The lowest BCUT2D eigenvalue weighted by atomic mass is 10.1. The highest BCUT2D eigenvalue weighted by Crippen LogP contribution is 2.11. The molecule has 2 unspecified atom stereocenters. The second kappa shape index (κ2) is 14.7. The van der Waals surface area contributed by atoms with E-state index in [4.69, 9.17) is 9.84 Å². The average Bonchev–Trinajstić information content (AvgIpc) is 2.49. The number of esters is 1. The number of hydrogen-bond donors (Lipinski definition) is 1. The summed E-state index contributed by atoms with van der Waals surface area (Å²) in [7, 11) is -1.08. The monoisotopic (exact) mass is 348 g/mol. The molecule has 0 saturated heterocycles. The Labute approximate surface area is 142 Å². The second-order valence-electron chi connectivity index (χ2n) is 5.96. The lowest BCUT2D eigenvalue weighted by molar-refractivity contribution is -0.164. The smallest absolute Gasteiger partial charge is 0.345 e. The first-order valence-electron chi connectivity index (χ1n) is 8.69. The van der Waals surface area contributed by atoms with Gasteiger partial charge in [-0.2, -0.15) is 0 Å². The van der Waals surface area contributed by atoms with Crippen LogP contribution in [0.5, 0.6) is 0 Å². The van der Waals surface area contributed by atoms with Gasteiger partial charge in [0.15, 0.2) is 6.10 Å². The molecule has 0 aromatic carbocycles. The van der Waals surface area contributed by atoms with E-state index in [1.54, 1.807) is 0 Å². The number of ether oxygens (including phenoxy) is 1. The number of carboxylic acids is 1. The molecule has 0 amide bonds. The van der Waals surface area contributed by atoms with E-state index in [1.807, 2.05) is 0 Å². The summed E-state index contributed by atoms with van der Waals surface area (Å²) >= 11 is 0. The van der Waals surface area contributed by atoms with Crippen LogP contribution in [-0.2, 0) is 25.1 Å². The van der Waals surface area contributed by atoms with E-state index in [1.165, 1.54) is 44.8 Å². The Hall–Kier alpha value is -0.910. The lowest BCUT2D eigenvalue weighted by Gasteiger charge is -2.13. The minimum atomic E-state index is -1.18. The van der Waals surface area contributed by atoms with E-state index in [0.717, 1.165) is 19.3 Å². The maximum absolute atomic E-state index is 11.6. The molecule has 0 heterocycles. The first-order valence-corrected chi connectivity index (χ1v) is 10.4. The zero-order chi connectivity index (χ0) is 17.5. The van der Waals surface area contributed by atoms with E-state index in [-0.39, 0.29) is 18.6 Å². The van der Waals surface area contributed by atoms with Crippen LogP contribution in [0.25, 0.3) is 0 Å². The summed E-state index contributed by atoms with van der Waals surface area (Å²) in [6.07, 6.45) is 11.1. The average molecular weight is 349 g/mol. The van der Waals surface area contributed by atoms with E-state index in [9.17, 15) is 13.8 Å². The van der Waals surface area contributed by atoms with Gasteiger partial charge in [-0.3, -0.25) is 9.00 Å². The number of carboxylic acid groups (broad SMARTS) is 1. The van der Waals surface area contributed by atoms with Crippen LogP contribution in [0.1, 0.15) is 77.6 Å². The molecule has 0 rings (SSSR count). The number of hydrogen-bond acceptors (Lipinski definition) is 4. The van der Waals surface area contributed by atoms with Gasteiger partial charge in [0, 0.05) is 35.6 Å². The summed E-state index contributed by atoms with van der Waals surface area (Å²) < 4.78 is 16.0. The Balaban J connectivity index is 3.67. The first-order chi connectivity index (χ1) is 11.0. The molecule has 0 spiro atoms. The summed E-state index contributed by atoms with van der Waals surface area (Å²) in [5.41, 5.74) is 0. The van der Waals surface area contributed by atoms with Crippen molar-refractivity contribution in [3.63, 3.8) is 0 Å². The fraction of sp³-hybridized carbons (Fsp3) is 0.882. The van der Waals surface area contributed by atoms with Gasteiger partial charge in [0.05, 0.1) is 0 Å². The fourth-order valence-electron chi connectivity index (χ4n) is 2.30. The van der Waals surface area contributed by atoms with Gasteiger partial charge in [-0.25, -0.2) is 4.79 Å². The molecule has 2 atom stereocenters. The van der Waals surface area contributed by atoms with Gasteiger partial charge < -0.3 is 9.84 Å². The standard InChI is InChI=1S/C17H32O5S/c1-3-4-5-6-7-8-9-10-11-12-16(18)22-15(17(19)20)13-14-23(2)21/h15H,3-14H2,1-2H3,(H,19,20). The van der Waals surface area contributed by atoms with Crippen molar-refractivity contribution >= 4 is 22.7 Å². The summed E-state index contributed by atoms with van der Waals surface area (Å²) in [5, 5.41) is 8.99. The quantitative estimate of drug-likeness (QED) is 0.361. The van der Waals surface area contributed by atoms with Crippen molar-refractivity contribution < 1.29 is 23.6 Å². The second-order valence-corrected chi connectivity index (χ2v) is 7.52. The summed E-state index contributed by atoms with van der Waals surface area (Å²) in [6.45, 7) is 2.20. The van der Waals surface area contributed by atoms with Gasteiger partial charge in [0.1, 0.15) is 0 Å². The molecular formula is C17H32O5S. The molecule has 0 aromatic rings. The molecule has 1 N–H and O–H groups in total. The van der Waals surface area contributed by atoms with Crippen LogP contribution >= 0.6 is 0 Å². The Morgan fingerprint density at radius 2 is 1.52 bits per heavy atom. The molecule has 0 aromatic heterocycles.